The lowest BCUT2D eigenvalue weighted by Gasteiger charge is -2.10. The summed E-state index contributed by atoms with van der Waals surface area (Å²) in [5, 5.41) is 13.7. The molecule has 0 aliphatic rings. The Labute approximate surface area is 94.4 Å². The van der Waals surface area contributed by atoms with Gasteiger partial charge in [-0.15, -0.1) is 0 Å². The van der Waals surface area contributed by atoms with Gasteiger partial charge in [-0.2, -0.15) is 0 Å². The fourth-order valence-electron chi connectivity index (χ4n) is 1.23. The van der Waals surface area contributed by atoms with Crippen molar-refractivity contribution in [3.8, 4) is 0 Å². The third kappa shape index (κ3) is 3.47. The van der Waals surface area contributed by atoms with Crippen molar-refractivity contribution in [2.24, 2.45) is 0 Å². The molecule has 88 valence electrons. The molecule has 1 aromatic rings. The molecule has 0 amide bonds. The van der Waals surface area contributed by atoms with Crippen LogP contribution in [0.25, 0.3) is 0 Å². The van der Waals surface area contributed by atoms with Crippen molar-refractivity contribution in [3.63, 3.8) is 0 Å². The number of nitrogens with one attached hydrogen (secondary N) is 1. The van der Waals surface area contributed by atoms with E-state index < -0.39 is 4.92 Å². The van der Waals surface area contributed by atoms with Gasteiger partial charge in [0.1, 0.15) is 0 Å². The third-order valence-corrected chi connectivity index (χ3v) is 2.05. The quantitative estimate of drug-likeness (QED) is 0.602. The number of likely N-dealkylation sites (N-methyl/N-ethyl adjacent to an activating group) is 1. The average molecular weight is 224 g/mol. The lowest BCUT2D eigenvalue weighted by molar-refractivity contribution is -0.384. The molecule has 0 atom stereocenters. The lowest BCUT2D eigenvalue weighted by atomic mass is 10.3. The van der Waals surface area contributed by atoms with Gasteiger partial charge in [0.25, 0.3) is 0 Å². The van der Waals surface area contributed by atoms with Crippen LogP contribution < -0.4 is 5.32 Å². The second-order valence-electron chi connectivity index (χ2n) is 3.87. The minimum absolute atomic E-state index is 0.0266. The van der Waals surface area contributed by atoms with Crippen molar-refractivity contribution in [2.75, 3.05) is 32.5 Å². The van der Waals surface area contributed by atoms with Gasteiger partial charge in [0.2, 0.25) is 5.82 Å². The van der Waals surface area contributed by atoms with Crippen LogP contribution in [0.1, 0.15) is 5.56 Å². The van der Waals surface area contributed by atoms with E-state index in [0.29, 0.717) is 12.4 Å². The molecule has 0 radical (unpaired) electrons. The maximum absolute atomic E-state index is 10.8. The number of hydrogen-bond acceptors (Lipinski definition) is 5. The summed E-state index contributed by atoms with van der Waals surface area (Å²) in [6.45, 7) is 3.21. The molecule has 6 heteroatoms. The highest BCUT2D eigenvalue weighted by Crippen LogP contribution is 2.21. The number of nitro groups is 1. The number of pyridine rings is 1. The summed E-state index contributed by atoms with van der Waals surface area (Å²) in [5.74, 6) is 0.331. The highest BCUT2D eigenvalue weighted by atomic mass is 16.6. The topological polar surface area (TPSA) is 71.3 Å². The fraction of sp³-hybridized carbons (Fsp3) is 0.500. The summed E-state index contributed by atoms with van der Waals surface area (Å²) in [5.41, 5.74) is 0.809. The second-order valence-corrected chi connectivity index (χ2v) is 3.87. The first kappa shape index (κ1) is 12.4. The number of hydrogen-bond donors (Lipinski definition) is 1. The molecule has 1 N–H and O–H groups in total. The third-order valence-electron chi connectivity index (χ3n) is 2.05. The predicted octanol–water partition coefficient (Wildman–Crippen LogP) is 1.27. The van der Waals surface area contributed by atoms with Crippen LogP contribution in [0, 0.1) is 17.0 Å². The second kappa shape index (κ2) is 5.41. The first-order valence-electron chi connectivity index (χ1n) is 5.00. The van der Waals surface area contributed by atoms with Crippen molar-refractivity contribution in [3.05, 3.63) is 27.9 Å². The Morgan fingerprint density at radius 1 is 1.56 bits per heavy atom. The van der Waals surface area contributed by atoms with E-state index in [9.17, 15) is 10.1 Å². The van der Waals surface area contributed by atoms with E-state index in [1.807, 2.05) is 19.0 Å². The maximum Gasteiger partial charge on any atom is 0.311 e. The Balaban J connectivity index is 2.75. The van der Waals surface area contributed by atoms with Gasteiger partial charge in [-0.05, 0) is 26.6 Å². The fourth-order valence-corrected chi connectivity index (χ4v) is 1.23. The molecule has 0 fully saturated rings. The van der Waals surface area contributed by atoms with Crippen LogP contribution >= 0.6 is 0 Å². The lowest BCUT2D eigenvalue weighted by Crippen LogP contribution is -2.21. The number of anilines is 1. The van der Waals surface area contributed by atoms with Gasteiger partial charge in [0.05, 0.1) is 4.92 Å². The van der Waals surface area contributed by atoms with Gasteiger partial charge in [-0.3, -0.25) is 10.1 Å². The van der Waals surface area contributed by atoms with Gasteiger partial charge >= 0.3 is 5.69 Å². The molecule has 6 nitrogen and oxygen atoms in total. The van der Waals surface area contributed by atoms with Crippen molar-refractivity contribution in [2.45, 2.75) is 6.92 Å². The van der Waals surface area contributed by atoms with Gasteiger partial charge in [-0.1, -0.05) is 0 Å². The minimum atomic E-state index is -0.419. The zero-order valence-electron chi connectivity index (χ0n) is 9.73. The highest BCUT2D eigenvalue weighted by molar-refractivity contribution is 5.56. The van der Waals surface area contributed by atoms with E-state index in [4.69, 9.17) is 0 Å². The van der Waals surface area contributed by atoms with Crippen LogP contribution in [0.5, 0.6) is 0 Å². The van der Waals surface area contributed by atoms with E-state index in [1.54, 1.807) is 13.1 Å². The zero-order valence-corrected chi connectivity index (χ0v) is 9.73. The van der Waals surface area contributed by atoms with E-state index in [0.717, 1.165) is 12.1 Å². The molecule has 0 unspecified atom stereocenters. The molecule has 0 saturated carbocycles. The van der Waals surface area contributed by atoms with Crippen molar-refractivity contribution in [1.82, 2.24) is 9.88 Å². The summed E-state index contributed by atoms with van der Waals surface area (Å²) in [6, 6.07) is 1.52. The molecule has 0 aliphatic carbocycles. The molecule has 16 heavy (non-hydrogen) atoms. The Bertz CT molecular complexity index is 379. The average Bonchev–Trinajstić information content (AvgIpc) is 2.19. The van der Waals surface area contributed by atoms with Crippen LogP contribution in [0.4, 0.5) is 11.5 Å². The first-order valence-corrected chi connectivity index (χ1v) is 5.00. The molecule has 0 aromatic carbocycles. The first-order chi connectivity index (χ1) is 7.50. The van der Waals surface area contributed by atoms with Crippen LogP contribution in [0.3, 0.4) is 0 Å². The Kier molecular flexibility index (Phi) is 4.19. The van der Waals surface area contributed by atoms with Crippen LogP contribution in [-0.2, 0) is 0 Å². The summed E-state index contributed by atoms with van der Waals surface area (Å²) in [4.78, 5) is 16.4. The van der Waals surface area contributed by atoms with E-state index in [1.165, 1.54) is 6.07 Å². The minimum Gasteiger partial charge on any atom is -0.363 e. The van der Waals surface area contributed by atoms with Gasteiger partial charge in [0.15, 0.2) is 0 Å². The monoisotopic (exact) mass is 224 g/mol. The van der Waals surface area contributed by atoms with Crippen LogP contribution in [-0.4, -0.2) is 42.0 Å². The zero-order chi connectivity index (χ0) is 12.1. The van der Waals surface area contributed by atoms with Crippen LogP contribution in [0.15, 0.2) is 12.3 Å². The normalized spacial score (nSPS) is 10.5. The molecule has 1 aromatic heterocycles. The SMILES string of the molecule is Cc1cnc(NCCN(C)C)c([N+](=O)[O-])c1. The van der Waals surface area contributed by atoms with Crippen molar-refractivity contribution >= 4 is 11.5 Å². The predicted molar refractivity (Wildman–Crippen MR) is 62.7 cm³/mol. The molecule has 0 spiro atoms. The van der Waals surface area contributed by atoms with Crippen molar-refractivity contribution < 1.29 is 4.92 Å². The number of nitrogens with zero attached hydrogens (tertiary/aromatic N) is 3. The standard InChI is InChI=1S/C10H16N4O2/c1-8-6-9(14(15)16)10(12-7-8)11-4-5-13(2)3/h6-7H,4-5H2,1-3H3,(H,11,12). The maximum atomic E-state index is 10.8. The smallest absolute Gasteiger partial charge is 0.311 e. The summed E-state index contributed by atoms with van der Waals surface area (Å²) >= 11 is 0. The Morgan fingerprint density at radius 2 is 2.25 bits per heavy atom. The molecule has 0 aliphatic heterocycles. The molecule has 0 saturated heterocycles. The number of aryl methyl sites for hydroxylation is 1. The summed E-state index contributed by atoms with van der Waals surface area (Å²) < 4.78 is 0. The molecule has 0 bridgehead atoms. The summed E-state index contributed by atoms with van der Waals surface area (Å²) in [7, 11) is 3.89. The summed E-state index contributed by atoms with van der Waals surface area (Å²) in [6.07, 6.45) is 1.62. The molecule has 1 heterocycles. The van der Waals surface area contributed by atoms with Gasteiger partial charge in [-0.25, -0.2) is 4.98 Å². The molecular weight excluding hydrogens is 208 g/mol. The number of rotatable bonds is 5. The molecule has 1 rings (SSSR count). The van der Waals surface area contributed by atoms with Crippen LogP contribution in [0.2, 0.25) is 0 Å². The van der Waals surface area contributed by atoms with Gasteiger partial charge in [0, 0.05) is 25.4 Å². The molecular formula is C10H16N4O2. The van der Waals surface area contributed by atoms with E-state index >= 15 is 0 Å². The largest absolute Gasteiger partial charge is 0.363 e. The Hall–Kier alpha value is -1.69. The van der Waals surface area contributed by atoms with E-state index in [2.05, 4.69) is 10.3 Å². The van der Waals surface area contributed by atoms with Gasteiger partial charge < -0.3 is 10.2 Å². The van der Waals surface area contributed by atoms with E-state index in [-0.39, 0.29) is 5.69 Å². The van der Waals surface area contributed by atoms with Crippen molar-refractivity contribution in [1.29, 1.82) is 0 Å². The number of aromatic nitrogens is 1. The highest BCUT2D eigenvalue weighted by Gasteiger charge is 2.14. The Morgan fingerprint density at radius 3 is 2.81 bits per heavy atom.